The summed E-state index contributed by atoms with van der Waals surface area (Å²) in [6.45, 7) is 1.49. The Hall–Kier alpha value is -3.17. The third-order valence-electron chi connectivity index (χ3n) is 3.30. The Balaban J connectivity index is 1.63. The maximum absolute atomic E-state index is 11.6. The predicted molar refractivity (Wildman–Crippen MR) is 95.4 cm³/mol. The van der Waals surface area contributed by atoms with Gasteiger partial charge in [0.2, 0.25) is 0 Å². The number of esters is 1. The van der Waals surface area contributed by atoms with E-state index in [2.05, 4.69) is 10.9 Å². The van der Waals surface area contributed by atoms with E-state index in [9.17, 15) is 4.79 Å². The van der Waals surface area contributed by atoms with E-state index >= 15 is 0 Å². The van der Waals surface area contributed by atoms with Gasteiger partial charge in [0.25, 0.3) is 0 Å². The minimum atomic E-state index is -0.781. The summed E-state index contributed by atoms with van der Waals surface area (Å²) in [5, 5.41) is 0.552. The zero-order chi connectivity index (χ0) is 18.5. The third-order valence-corrected chi connectivity index (χ3v) is 3.54. The molecule has 0 saturated heterocycles. The minimum Gasteiger partial charge on any atom is -0.479 e. The smallest absolute Gasteiger partial charge is 0.400 e. The van der Waals surface area contributed by atoms with Crippen molar-refractivity contribution in [2.24, 2.45) is 0 Å². The molecule has 1 heterocycles. The van der Waals surface area contributed by atoms with Crippen LogP contribution in [0, 0.1) is 12.3 Å². The molecular formula is C19H14ClNO5. The van der Waals surface area contributed by atoms with Crippen molar-refractivity contribution < 1.29 is 23.4 Å². The van der Waals surface area contributed by atoms with E-state index in [1.54, 1.807) is 49.4 Å². The first-order valence-electron chi connectivity index (χ1n) is 7.66. The van der Waals surface area contributed by atoms with Crippen LogP contribution in [0.5, 0.6) is 17.6 Å². The highest BCUT2D eigenvalue weighted by Gasteiger charge is 2.16. The molecule has 1 atom stereocenters. The van der Waals surface area contributed by atoms with E-state index in [-0.39, 0.29) is 12.7 Å². The van der Waals surface area contributed by atoms with E-state index < -0.39 is 12.1 Å². The van der Waals surface area contributed by atoms with Crippen LogP contribution in [0.25, 0.3) is 11.1 Å². The number of oxazole rings is 1. The molecule has 0 aliphatic heterocycles. The van der Waals surface area contributed by atoms with Gasteiger partial charge in [0.05, 0.1) is 0 Å². The molecule has 0 bridgehead atoms. The van der Waals surface area contributed by atoms with Crippen molar-refractivity contribution >= 4 is 28.7 Å². The standard InChI is InChI=1S/C19H14ClNO5/c1-3-10-23-18(22)12(2)24-14-5-7-15(8-6-14)25-19-21-16-9-4-13(20)11-17(16)26-19/h1,4-9,11-12H,10H2,2H3. The molecule has 3 aromatic rings. The molecule has 0 radical (unpaired) electrons. The lowest BCUT2D eigenvalue weighted by molar-refractivity contribution is -0.149. The van der Waals surface area contributed by atoms with E-state index in [1.165, 1.54) is 0 Å². The van der Waals surface area contributed by atoms with Crippen LogP contribution in [0.2, 0.25) is 5.02 Å². The number of carbonyl (C=O) groups is 1. The molecule has 0 N–H and O–H groups in total. The van der Waals surface area contributed by atoms with Gasteiger partial charge in [-0.25, -0.2) is 4.79 Å². The summed E-state index contributed by atoms with van der Waals surface area (Å²) >= 11 is 5.91. The molecule has 132 valence electrons. The molecule has 3 rings (SSSR count). The number of aromatic nitrogens is 1. The predicted octanol–water partition coefficient (Wildman–Crippen LogP) is 4.22. The number of carbonyl (C=O) groups excluding carboxylic acids is 1. The topological polar surface area (TPSA) is 70.8 Å². The maximum Gasteiger partial charge on any atom is 0.400 e. The van der Waals surface area contributed by atoms with Crippen LogP contribution in [-0.2, 0) is 9.53 Å². The van der Waals surface area contributed by atoms with Crippen molar-refractivity contribution in [2.75, 3.05) is 6.61 Å². The van der Waals surface area contributed by atoms with Crippen molar-refractivity contribution in [2.45, 2.75) is 13.0 Å². The molecule has 26 heavy (non-hydrogen) atoms. The molecule has 0 aliphatic carbocycles. The van der Waals surface area contributed by atoms with Crippen LogP contribution >= 0.6 is 11.6 Å². The molecular weight excluding hydrogens is 358 g/mol. The van der Waals surface area contributed by atoms with Crippen LogP contribution in [0.15, 0.2) is 46.9 Å². The van der Waals surface area contributed by atoms with E-state index in [4.69, 9.17) is 36.7 Å². The second-order valence-corrected chi connectivity index (χ2v) is 5.67. The molecule has 1 aromatic heterocycles. The van der Waals surface area contributed by atoms with Gasteiger partial charge in [-0.1, -0.05) is 17.5 Å². The third kappa shape index (κ3) is 4.26. The van der Waals surface area contributed by atoms with Crippen LogP contribution in [0.1, 0.15) is 6.92 Å². The second kappa shape index (κ2) is 7.81. The highest BCUT2D eigenvalue weighted by atomic mass is 35.5. The number of fused-ring (bicyclic) bond motifs is 1. The van der Waals surface area contributed by atoms with Crippen molar-refractivity contribution in [3.8, 4) is 29.9 Å². The minimum absolute atomic E-state index is 0.0883. The van der Waals surface area contributed by atoms with Crippen LogP contribution < -0.4 is 9.47 Å². The van der Waals surface area contributed by atoms with Crippen molar-refractivity contribution in [3.63, 3.8) is 0 Å². The summed E-state index contributed by atoms with van der Waals surface area (Å²) < 4.78 is 21.4. The zero-order valence-corrected chi connectivity index (χ0v) is 14.5. The Bertz CT molecular complexity index is 958. The molecule has 0 spiro atoms. The van der Waals surface area contributed by atoms with Crippen LogP contribution in [0.4, 0.5) is 0 Å². The van der Waals surface area contributed by atoms with E-state index in [0.717, 1.165) is 0 Å². The summed E-state index contributed by atoms with van der Waals surface area (Å²) in [6.07, 6.45) is 4.36. The summed E-state index contributed by atoms with van der Waals surface area (Å²) in [5.41, 5.74) is 1.18. The lowest BCUT2D eigenvalue weighted by Gasteiger charge is -2.13. The van der Waals surface area contributed by atoms with Gasteiger partial charge in [-0.2, -0.15) is 4.98 Å². The first kappa shape index (κ1) is 17.6. The molecule has 1 unspecified atom stereocenters. The lowest BCUT2D eigenvalue weighted by Crippen LogP contribution is -2.26. The van der Waals surface area contributed by atoms with E-state index in [1.807, 2.05) is 0 Å². The van der Waals surface area contributed by atoms with Gasteiger partial charge in [-0.05, 0) is 43.3 Å². The molecule has 0 aliphatic rings. The quantitative estimate of drug-likeness (QED) is 0.477. The highest BCUT2D eigenvalue weighted by Crippen LogP contribution is 2.28. The number of hydrogen-bond acceptors (Lipinski definition) is 6. The average molecular weight is 372 g/mol. The maximum atomic E-state index is 11.6. The van der Waals surface area contributed by atoms with Gasteiger partial charge in [0.1, 0.15) is 17.0 Å². The van der Waals surface area contributed by atoms with E-state index in [0.29, 0.717) is 27.6 Å². The normalized spacial score (nSPS) is 11.6. The molecule has 6 nitrogen and oxygen atoms in total. The summed E-state index contributed by atoms with van der Waals surface area (Å²) in [5.74, 6) is 2.67. The Morgan fingerprint density at radius 3 is 2.73 bits per heavy atom. The highest BCUT2D eigenvalue weighted by molar-refractivity contribution is 6.31. The zero-order valence-electron chi connectivity index (χ0n) is 13.8. The largest absolute Gasteiger partial charge is 0.479 e. The van der Waals surface area contributed by atoms with Gasteiger partial charge in [0.15, 0.2) is 18.3 Å². The van der Waals surface area contributed by atoms with Crippen LogP contribution in [0.3, 0.4) is 0 Å². The summed E-state index contributed by atoms with van der Waals surface area (Å²) in [6, 6.07) is 11.8. The second-order valence-electron chi connectivity index (χ2n) is 5.24. The van der Waals surface area contributed by atoms with Crippen molar-refractivity contribution in [1.29, 1.82) is 0 Å². The Morgan fingerprint density at radius 1 is 1.27 bits per heavy atom. The molecule has 0 amide bonds. The van der Waals surface area contributed by atoms with Gasteiger partial charge in [-0.3, -0.25) is 0 Å². The molecule has 0 saturated carbocycles. The fourth-order valence-corrected chi connectivity index (χ4v) is 2.25. The summed E-state index contributed by atoms with van der Waals surface area (Å²) in [4.78, 5) is 15.8. The number of terminal acetylenes is 1. The van der Waals surface area contributed by atoms with Crippen molar-refractivity contribution in [3.05, 3.63) is 47.5 Å². The van der Waals surface area contributed by atoms with Gasteiger partial charge < -0.3 is 18.6 Å². The fourth-order valence-electron chi connectivity index (χ4n) is 2.09. The number of hydrogen-bond donors (Lipinski definition) is 0. The van der Waals surface area contributed by atoms with Crippen molar-refractivity contribution in [1.82, 2.24) is 4.98 Å². The number of ether oxygens (including phenoxy) is 3. The Labute approximate surface area is 154 Å². The Morgan fingerprint density at radius 2 is 2.00 bits per heavy atom. The van der Waals surface area contributed by atoms with Gasteiger partial charge >= 0.3 is 12.0 Å². The monoisotopic (exact) mass is 371 g/mol. The van der Waals surface area contributed by atoms with Crippen LogP contribution in [-0.4, -0.2) is 23.7 Å². The summed E-state index contributed by atoms with van der Waals surface area (Å²) in [7, 11) is 0. The number of benzene rings is 2. The Kier molecular flexibility index (Phi) is 5.30. The number of nitrogens with zero attached hydrogens (tertiary/aromatic N) is 1. The SMILES string of the molecule is C#CCOC(=O)C(C)Oc1ccc(Oc2nc3ccc(Cl)cc3o2)cc1. The van der Waals surface area contributed by atoms with Gasteiger partial charge in [-0.15, -0.1) is 6.42 Å². The molecule has 7 heteroatoms. The first-order chi connectivity index (χ1) is 12.5. The molecule has 2 aromatic carbocycles. The average Bonchev–Trinajstić information content (AvgIpc) is 3.02. The number of rotatable bonds is 6. The van der Waals surface area contributed by atoms with Gasteiger partial charge in [0, 0.05) is 11.1 Å². The fraction of sp³-hybridized carbons (Fsp3) is 0.158. The first-order valence-corrected chi connectivity index (χ1v) is 8.04. The number of halogens is 1. The molecule has 0 fully saturated rings. The lowest BCUT2D eigenvalue weighted by atomic mass is 10.3.